The zero-order chi connectivity index (χ0) is 12.3. The van der Waals surface area contributed by atoms with Crippen LogP contribution in [-0.4, -0.2) is 42.5 Å². The number of primary amides is 1. The van der Waals surface area contributed by atoms with E-state index in [0.717, 1.165) is 64.2 Å². The first-order chi connectivity index (χ1) is 8.15. The highest BCUT2D eigenvalue weighted by atomic mass is 16.1. The number of rotatable bonds is 2. The van der Waals surface area contributed by atoms with Gasteiger partial charge in [0.2, 0.25) is 5.91 Å². The number of amides is 1. The molecular formula is C13H25N3O. The van der Waals surface area contributed by atoms with Gasteiger partial charge in [-0.15, -0.1) is 0 Å². The van der Waals surface area contributed by atoms with Gasteiger partial charge in [-0.25, -0.2) is 0 Å². The van der Waals surface area contributed by atoms with E-state index in [1.807, 2.05) is 0 Å². The molecule has 0 spiro atoms. The average molecular weight is 239 g/mol. The van der Waals surface area contributed by atoms with Crippen LogP contribution < -0.4 is 11.1 Å². The Hall–Kier alpha value is -0.610. The molecule has 0 aromatic heterocycles. The Kier molecular flexibility index (Phi) is 4.05. The number of hydrogen-bond donors (Lipinski definition) is 2. The lowest BCUT2D eigenvalue weighted by Crippen LogP contribution is -2.59. The Balaban J connectivity index is 2.12. The van der Waals surface area contributed by atoms with Crippen LogP contribution in [0.25, 0.3) is 0 Å². The van der Waals surface area contributed by atoms with Gasteiger partial charge in [-0.2, -0.15) is 0 Å². The summed E-state index contributed by atoms with van der Waals surface area (Å²) >= 11 is 0. The molecule has 3 N–H and O–H groups in total. The van der Waals surface area contributed by atoms with Gasteiger partial charge in [0.1, 0.15) is 5.54 Å². The SMILES string of the molecule is CC1CCC(C(N)=O)(N2CCCNCC2)CC1. The fourth-order valence-corrected chi connectivity index (χ4v) is 3.23. The lowest BCUT2D eigenvalue weighted by molar-refractivity contribution is -0.133. The second kappa shape index (κ2) is 5.36. The van der Waals surface area contributed by atoms with E-state index >= 15 is 0 Å². The second-order valence-electron chi connectivity index (χ2n) is 5.67. The van der Waals surface area contributed by atoms with Crippen molar-refractivity contribution in [3.63, 3.8) is 0 Å². The number of nitrogens with one attached hydrogen (secondary N) is 1. The monoisotopic (exact) mass is 239 g/mol. The van der Waals surface area contributed by atoms with E-state index in [1.165, 1.54) is 0 Å². The zero-order valence-corrected chi connectivity index (χ0v) is 10.9. The van der Waals surface area contributed by atoms with Crippen LogP contribution in [0.3, 0.4) is 0 Å². The molecule has 0 aromatic rings. The molecule has 0 aromatic carbocycles. The highest BCUT2D eigenvalue weighted by Crippen LogP contribution is 2.36. The molecule has 0 radical (unpaired) electrons. The molecule has 1 aliphatic carbocycles. The molecule has 2 rings (SSSR count). The van der Waals surface area contributed by atoms with Gasteiger partial charge in [0.25, 0.3) is 0 Å². The molecular weight excluding hydrogens is 214 g/mol. The fraction of sp³-hybridized carbons (Fsp3) is 0.923. The Morgan fingerprint density at radius 1 is 1.29 bits per heavy atom. The van der Waals surface area contributed by atoms with Gasteiger partial charge in [0, 0.05) is 19.6 Å². The standard InChI is InChI=1S/C13H25N3O/c1-11-3-5-13(6-4-11,12(14)17)16-9-2-7-15-8-10-16/h11,15H,2-10H2,1H3,(H2,14,17). The lowest BCUT2D eigenvalue weighted by Gasteiger charge is -2.45. The highest BCUT2D eigenvalue weighted by molar-refractivity contribution is 5.84. The Morgan fingerprint density at radius 2 is 2.00 bits per heavy atom. The van der Waals surface area contributed by atoms with Crippen molar-refractivity contribution in [1.82, 2.24) is 10.2 Å². The van der Waals surface area contributed by atoms with Crippen molar-refractivity contribution >= 4 is 5.91 Å². The molecule has 98 valence electrons. The van der Waals surface area contributed by atoms with Gasteiger partial charge >= 0.3 is 0 Å². The third-order valence-electron chi connectivity index (χ3n) is 4.51. The molecule has 1 saturated carbocycles. The van der Waals surface area contributed by atoms with Gasteiger partial charge in [-0.1, -0.05) is 6.92 Å². The van der Waals surface area contributed by atoms with E-state index in [0.29, 0.717) is 0 Å². The Labute approximate surface area is 104 Å². The molecule has 4 nitrogen and oxygen atoms in total. The van der Waals surface area contributed by atoms with E-state index in [1.54, 1.807) is 0 Å². The normalized spacial score (nSPS) is 36.4. The number of carbonyl (C=O) groups is 1. The molecule has 0 bridgehead atoms. The minimum absolute atomic E-state index is 0.105. The summed E-state index contributed by atoms with van der Waals surface area (Å²) in [6.07, 6.45) is 5.28. The third kappa shape index (κ3) is 2.63. The van der Waals surface area contributed by atoms with Gasteiger partial charge in [0.15, 0.2) is 0 Å². The Bertz CT molecular complexity index is 264. The van der Waals surface area contributed by atoms with Crippen LogP contribution in [0.1, 0.15) is 39.0 Å². The van der Waals surface area contributed by atoms with Gasteiger partial charge in [-0.3, -0.25) is 9.69 Å². The minimum Gasteiger partial charge on any atom is -0.368 e. The van der Waals surface area contributed by atoms with Crippen LogP contribution in [0.2, 0.25) is 0 Å². The summed E-state index contributed by atoms with van der Waals surface area (Å²) in [5.74, 6) is 0.638. The first-order valence-electron chi connectivity index (χ1n) is 6.91. The minimum atomic E-state index is -0.349. The van der Waals surface area contributed by atoms with Gasteiger partial charge in [0.05, 0.1) is 0 Å². The summed E-state index contributed by atoms with van der Waals surface area (Å²) in [4.78, 5) is 14.3. The molecule has 17 heavy (non-hydrogen) atoms. The first kappa shape index (κ1) is 12.8. The fourth-order valence-electron chi connectivity index (χ4n) is 3.23. The van der Waals surface area contributed by atoms with Crippen molar-refractivity contribution in [2.45, 2.75) is 44.6 Å². The number of carbonyl (C=O) groups excluding carboxylic acids is 1. The van der Waals surface area contributed by atoms with E-state index in [2.05, 4.69) is 17.1 Å². The van der Waals surface area contributed by atoms with E-state index in [4.69, 9.17) is 5.73 Å². The summed E-state index contributed by atoms with van der Waals surface area (Å²) < 4.78 is 0. The van der Waals surface area contributed by atoms with Crippen LogP contribution >= 0.6 is 0 Å². The van der Waals surface area contributed by atoms with Crippen molar-refractivity contribution in [2.24, 2.45) is 11.7 Å². The second-order valence-corrected chi connectivity index (χ2v) is 5.67. The lowest BCUT2D eigenvalue weighted by atomic mass is 9.75. The summed E-state index contributed by atoms with van der Waals surface area (Å²) in [5, 5.41) is 3.39. The maximum Gasteiger partial charge on any atom is 0.237 e. The Morgan fingerprint density at radius 3 is 2.65 bits per heavy atom. The van der Waals surface area contributed by atoms with Crippen molar-refractivity contribution in [3.05, 3.63) is 0 Å². The quantitative estimate of drug-likeness (QED) is 0.746. The van der Waals surface area contributed by atoms with Crippen LogP contribution in [-0.2, 0) is 4.79 Å². The van der Waals surface area contributed by atoms with Crippen LogP contribution in [0.15, 0.2) is 0 Å². The molecule has 1 heterocycles. The molecule has 0 atom stereocenters. The molecule has 1 amide bonds. The topological polar surface area (TPSA) is 58.4 Å². The molecule has 4 heteroatoms. The molecule has 1 aliphatic heterocycles. The summed E-state index contributed by atoms with van der Waals surface area (Å²) in [6.45, 7) is 6.27. The maximum absolute atomic E-state index is 12.0. The van der Waals surface area contributed by atoms with E-state index in [9.17, 15) is 4.79 Å². The van der Waals surface area contributed by atoms with Gasteiger partial charge in [-0.05, 0) is 44.6 Å². The molecule has 2 fully saturated rings. The molecule has 1 saturated heterocycles. The highest BCUT2D eigenvalue weighted by Gasteiger charge is 2.44. The van der Waals surface area contributed by atoms with Crippen molar-refractivity contribution in [1.29, 1.82) is 0 Å². The maximum atomic E-state index is 12.0. The van der Waals surface area contributed by atoms with Crippen molar-refractivity contribution in [3.8, 4) is 0 Å². The molecule has 0 unspecified atom stereocenters. The predicted molar refractivity (Wildman–Crippen MR) is 68.6 cm³/mol. The average Bonchev–Trinajstić information content (AvgIpc) is 2.59. The van der Waals surface area contributed by atoms with Gasteiger partial charge < -0.3 is 11.1 Å². The van der Waals surface area contributed by atoms with Crippen molar-refractivity contribution < 1.29 is 4.79 Å². The van der Waals surface area contributed by atoms with Crippen molar-refractivity contribution in [2.75, 3.05) is 26.2 Å². The largest absolute Gasteiger partial charge is 0.368 e. The number of nitrogens with zero attached hydrogens (tertiary/aromatic N) is 1. The third-order valence-corrected chi connectivity index (χ3v) is 4.51. The summed E-state index contributed by atoms with van der Waals surface area (Å²) in [6, 6.07) is 0. The smallest absolute Gasteiger partial charge is 0.237 e. The van der Waals surface area contributed by atoms with E-state index in [-0.39, 0.29) is 11.4 Å². The predicted octanol–water partition coefficient (Wildman–Crippen LogP) is 0.716. The zero-order valence-electron chi connectivity index (χ0n) is 10.9. The van der Waals surface area contributed by atoms with Crippen LogP contribution in [0.5, 0.6) is 0 Å². The molecule has 2 aliphatic rings. The number of hydrogen-bond acceptors (Lipinski definition) is 3. The number of nitrogens with two attached hydrogens (primary N) is 1. The summed E-state index contributed by atoms with van der Waals surface area (Å²) in [7, 11) is 0. The first-order valence-corrected chi connectivity index (χ1v) is 6.91. The van der Waals surface area contributed by atoms with Crippen LogP contribution in [0.4, 0.5) is 0 Å². The summed E-state index contributed by atoms with van der Waals surface area (Å²) in [5.41, 5.74) is 5.38. The van der Waals surface area contributed by atoms with E-state index < -0.39 is 0 Å². The van der Waals surface area contributed by atoms with Crippen LogP contribution in [0, 0.1) is 5.92 Å².